The van der Waals surface area contributed by atoms with Gasteiger partial charge in [0.15, 0.2) is 5.13 Å². The molecule has 4 rings (SSSR count). The third-order valence-electron chi connectivity index (χ3n) is 5.38. The first kappa shape index (κ1) is 18.7. The van der Waals surface area contributed by atoms with Crippen molar-refractivity contribution < 1.29 is 9.53 Å². The molecule has 28 heavy (non-hydrogen) atoms. The van der Waals surface area contributed by atoms with E-state index in [-0.39, 0.29) is 11.8 Å². The van der Waals surface area contributed by atoms with Crippen LogP contribution in [-0.4, -0.2) is 31.1 Å². The summed E-state index contributed by atoms with van der Waals surface area (Å²) >= 11 is 1.66. The molecule has 6 heteroatoms. The van der Waals surface area contributed by atoms with Gasteiger partial charge in [-0.05, 0) is 56.0 Å². The van der Waals surface area contributed by atoms with Gasteiger partial charge < -0.3 is 15.0 Å². The van der Waals surface area contributed by atoms with Crippen LogP contribution in [0.25, 0.3) is 10.2 Å². The van der Waals surface area contributed by atoms with E-state index in [1.54, 1.807) is 18.4 Å². The third kappa shape index (κ3) is 3.69. The molecule has 0 aliphatic carbocycles. The van der Waals surface area contributed by atoms with Gasteiger partial charge in [0.1, 0.15) is 5.75 Å². The molecule has 0 spiro atoms. The highest BCUT2D eigenvalue weighted by Crippen LogP contribution is 2.34. The summed E-state index contributed by atoms with van der Waals surface area (Å²) in [5, 5.41) is 4.14. The van der Waals surface area contributed by atoms with E-state index < -0.39 is 0 Å². The highest BCUT2D eigenvalue weighted by Gasteiger charge is 2.28. The number of rotatable bonds is 4. The Hall–Kier alpha value is -2.60. The van der Waals surface area contributed by atoms with E-state index in [4.69, 9.17) is 9.72 Å². The van der Waals surface area contributed by atoms with Gasteiger partial charge in [0.25, 0.3) is 0 Å². The lowest BCUT2D eigenvalue weighted by Crippen LogP contribution is -2.40. The number of aromatic nitrogens is 1. The maximum atomic E-state index is 12.9. The number of hydrogen-bond acceptors (Lipinski definition) is 5. The average molecular weight is 396 g/mol. The molecule has 1 unspecified atom stereocenters. The number of amides is 1. The fourth-order valence-electron chi connectivity index (χ4n) is 3.76. The van der Waals surface area contributed by atoms with E-state index in [2.05, 4.69) is 10.2 Å². The van der Waals surface area contributed by atoms with Crippen LogP contribution in [0.3, 0.4) is 0 Å². The van der Waals surface area contributed by atoms with E-state index in [9.17, 15) is 4.79 Å². The highest BCUT2D eigenvalue weighted by molar-refractivity contribution is 7.22. The second kappa shape index (κ2) is 7.80. The summed E-state index contributed by atoms with van der Waals surface area (Å²) in [6, 6.07) is 12.0. The average Bonchev–Trinajstić information content (AvgIpc) is 3.14. The molecule has 0 bridgehead atoms. The van der Waals surface area contributed by atoms with Gasteiger partial charge in [0, 0.05) is 18.8 Å². The van der Waals surface area contributed by atoms with Gasteiger partial charge in [-0.3, -0.25) is 4.79 Å². The zero-order valence-electron chi connectivity index (χ0n) is 16.5. The maximum absolute atomic E-state index is 12.9. The van der Waals surface area contributed by atoms with Crippen LogP contribution in [0.15, 0.2) is 36.4 Å². The van der Waals surface area contributed by atoms with Crippen molar-refractivity contribution in [1.29, 1.82) is 0 Å². The van der Waals surface area contributed by atoms with Crippen LogP contribution in [0.1, 0.15) is 24.0 Å². The molecular weight excluding hydrogens is 370 g/mol. The molecule has 1 amide bonds. The summed E-state index contributed by atoms with van der Waals surface area (Å²) in [7, 11) is 1.67. The van der Waals surface area contributed by atoms with Gasteiger partial charge in [0.05, 0.1) is 23.2 Å². The van der Waals surface area contributed by atoms with Crippen LogP contribution >= 0.6 is 11.3 Å². The molecule has 1 aliphatic rings. The van der Waals surface area contributed by atoms with Crippen molar-refractivity contribution >= 4 is 38.3 Å². The van der Waals surface area contributed by atoms with Gasteiger partial charge in [-0.1, -0.05) is 29.5 Å². The smallest absolute Gasteiger partial charge is 0.229 e. The highest BCUT2D eigenvalue weighted by atomic mass is 32.1. The van der Waals surface area contributed by atoms with E-state index >= 15 is 0 Å². The Bertz CT molecular complexity index is 994. The Morgan fingerprint density at radius 3 is 2.79 bits per heavy atom. The molecule has 1 saturated heterocycles. The van der Waals surface area contributed by atoms with Crippen molar-refractivity contribution in [2.75, 3.05) is 30.4 Å². The maximum Gasteiger partial charge on any atom is 0.229 e. The van der Waals surface area contributed by atoms with Crippen molar-refractivity contribution in [3.63, 3.8) is 0 Å². The Kier molecular flexibility index (Phi) is 5.22. The third-order valence-corrected chi connectivity index (χ3v) is 6.46. The van der Waals surface area contributed by atoms with Gasteiger partial charge in [0.2, 0.25) is 5.91 Å². The van der Waals surface area contributed by atoms with Crippen LogP contribution in [-0.2, 0) is 4.79 Å². The Morgan fingerprint density at radius 1 is 1.25 bits per heavy atom. The minimum Gasteiger partial charge on any atom is -0.497 e. The number of ether oxygens (including phenoxy) is 1. The minimum absolute atomic E-state index is 0.0331. The Morgan fingerprint density at radius 2 is 2.04 bits per heavy atom. The summed E-state index contributed by atoms with van der Waals surface area (Å²) in [6.45, 7) is 5.70. The summed E-state index contributed by atoms with van der Waals surface area (Å²) in [6.07, 6.45) is 1.90. The zero-order valence-corrected chi connectivity index (χ0v) is 17.3. The Labute approximate surface area is 169 Å². The molecule has 3 aromatic rings. The zero-order chi connectivity index (χ0) is 19.7. The van der Waals surface area contributed by atoms with Gasteiger partial charge >= 0.3 is 0 Å². The summed E-state index contributed by atoms with van der Waals surface area (Å²) in [5.74, 6) is 0.909. The number of nitrogens with zero attached hydrogens (tertiary/aromatic N) is 2. The molecule has 2 heterocycles. The number of carbonyl (C=O) groups is 1. The van der Waals surface area contributed by atoms with Crippen LogP contribution < -0.4 is 15.0 Å². The fraction of sp³-hybridized carbons (Fsp3) is 0.364. The number of aryl methyl sites for hydroxylation is 2. The standard InChI is InChI=1S/C22H25N3O2S/c1-14-6-4-7-15(2)20(14)24-21(26)16-8-5-11-25(13-16)22-23-18-10-9-17(27-3)12-19(18)28-22/h4,6-7,9-10,12,16H,5,8,11,13H2,1-3H3,(H,24,26). The quantitative estimate of drug-likeness (QED) is 0.691. The first-order chi connectivity index (χ1) is 13.5. The molecular formula is C22H25N3O2S. The van der Waals surface area contributed by atoms with Crippen LogP contribution in [0.4, 0.5) is 10.8 Å². The number of fused-ring (bicyclic) bond motifs is 1. The molecule has 146 valence electrons. The second-order valence-corrected chi connectivity index (χ2v) is 8.38. The summed E-state index contributed by atoms with van der Waals surface area (Å²) in [4.78, 5) is 20.0. The van der Waals surface area contributed by atoms with Crippen molar-refractivity contribution in [1.82, 2.24) is 4.98 Å². The first-order valence-electron chi connectivity index (χ1n) is 9.62. The summed E-state index contributed by atoms with van der Waals surface area (Å²) in [5.41, 5.74) is 4.11. The van der Waals surface area contributed by atoms with Crippen LogP contribution in [0.2, 0.25) is 0 Å². The SMILES string of the molecule is COc1ccc2nc(N3CCCC(C(=O)Nc4c(C)cccc4C)C3)sc2c1. The molecule has 0 radical (unpaired) electrons. The van der Waals surface area contributed by atoms with E-state index in [0.29, 0.717) is 6.54 Å². The lowest BCUT2D eigenvalue weighted by atomic mass is 9.97. The number of methoxy groups -OCH3 is 1. The number of nitrogens with one attached hydrogen (secondary N) is 1. The number of anilines is 2. The van der Waals surface area contributed by atoms with Crippen molar-refractivity contribution in [2.24, 2.45) is 5.92 Å². The first-order valence-corrected chi connectivity index (χ1v) is 10.4. The molecule has 1 aliphatic heterocycles. The molecule has 1 N–H and O–H groups in total. The Balaban J connectivity index is 1.50. The lowest BCUT2D eigenvalue weighted by Gasteiger charge is -2.32. The van der Waals surface area contributed by atoms with Crippen molar-refractivity contribution in [3.8, 4) is 5.75 Å². The normalized spacial score (nSPS) is 17.0. The number of benzene rings is 2. The number of para-hydroxylation sites is 1. The van der Waals surface area contributed by atoms with E-state index in [1.165, 1.54) is 0 Å². The van der Waals surface area contributed by atoms with E-state index in [0.717, 1.165) is 57.3 Å². The van der Waals surface area contributed by atoms with Crippen molar-refractivity contribution in [3.05, 3.63) is 47.5 Å². The number of hydrogen-bond donors (Lipinski definition) is 1. The molecule has 1 fully saturated rings. The predicted octanol–water partition coefficient (Wildman–Crippen LogP) is 4.78. The second-order valence-electron chi connectivity index (χ2n) is 7.37. The largest absolute Gasteiger partial charge is 0.497 e. The van der Waals surface area contributed by atoms with Crippen LogP contribution in [0.5, 0.6) is 5.75 Å². The fourth-order valence-corrected chi connectivity index (χ4v) is 4.79. The van der Waals surface area contributed by atoms with E-state index in [1.807, 2.05) is 50.2 Å². The number of carbonyl (C=O) groups excluding carboxylic acids is 1. The minimum atomic E-state index is -0.0331. The van der Waals surface area contributed by atoms with Gasteiger partial charge in [-0.25, -0.2) is 4.98 Å². The number of piperidine rings is 1. The molecule has 2 aromatic carbocycles. The summed E-state index contributed by atoms with van der Waals surface area (Å²) < 4.78 is 6.42. The molecule has 1 aromatic heterocycles. The molecule has 0 saturated carbocycles. The predicted molar refractivity (Wildman–Crippen MR) is 116 cm³/mol. The van der Waals surface area contributed by atoms with Gasteiger partial charge in [-0.15, -0.1) is 0 Å². The van der Waals surface area contributed by atoms with Crippen molar-refractivity contribution in [2.45, 2.75) is 26.7 Å². The molecule has 5 nitrogen and oxygen atoms in total. The monoisotopic (exact) mass is 395 g/mol. The molecule has 1 atom stereocenters. The van der Waals surface area contributed by atoms with Crippen LogP contribution in [0, 0.1) is 19.8 Å². The topological polar surface area (TPSA) is 54.5 Å². The van der Waals surface area contributed by atoms with Gasteiger partial charge in [-0.2, -0.15) is 0 Å². The lowest BCUT2D eigenvalue weighted by molar-refractivity contribution is -0.120. The number of thiazole rings is 1.